The highest BCUT2D eigenvalue weighted by atomic mass is 79.9. The van der Waals surface area contributed by atoms with Crippen molar-refractivity contribution in [1.29, 1.82) is 0 Å². The Labute approximate surface area is 152 Å². The van der Waals surface area contributed by atoms with E-state index in [0.29, 0.717) is 18.6 Å². The van der Waals surface area contributed by atoms with Gasteiger partial charge in [-0.1, -0.05) is 15.9 Å². The first-order chi connectivity index (χ1) is 11.5. The number of nitrogens with one attached hydrogen (secondary N) is 2. The third-order valence-corrected chi connectivity index (χ3v) is 5.41. The molecule has 0 aliphatic carbocycles. The summed E-state index contributed by atoms with van der Waals surface area (Å²) in [6, 6.07) is 6.43. The maximum absolute atomic E-state index is 12.3. The van der Waals surface area contributed by atoms with Gasteiger partial charge in [0.15, 0.2) is 0 Å². The highest BCUT2D eigenvalue weighted by Crippen LogP contribution is 2.34. The number of likely N-dealkylation sites (tertiary alicyclic amines) is 1. The SMILES string of the molecule is CC(C)N1CCC(CNC(=O)NC2CCOc3ccc(Br)cc32)C1. The van der Waals surface area contributed by atoms with Crippen molar-refractivity contribution in [2.75, 3.05) is 26.2 Å². The average Bonchev–Trinajstić information content (AvgIpc) is 3.03. The maximum Gasteiger partial charge on any atom is 0.315 e. The Morgan fingerprint density at radius 1 is 1.42 bits per heavy atom. The number of nitrogens with zero attached hydrogens (tertiary/aromatic N) is 1. The lowest BCUT2D eigenvalue weighted by atomic mass is 10.0. The molecule has 1 saturated heterocycles. The van der Waals surface area contributed by atoms with Crippen LogP contribution < -0.4 is 15.4 Å². The number of carbonyl (C=O) groups is 1. The lowest BCUT2D eigenvalue weighted by molar-refractivity contribution is 0.221. The molecular weight excluding hydrogens is 370 g/mol. The predicted octanol–water partition coefficient (Wildman–Crippen LogP) is 3.30. The second-order valence-corrected chi connectivity index (χ2v) is 7.89. The normalized spacial score (nSPS) is 23.7. The van der Waals surface area contributed by atoms with Crippen LogP contribution in [0.3, 0.4) is 0 Å². The summed E-state index contributed by atoms with van der Waals surface area (Å²) in [4.78, 5) is 14.8. The minimum Gasteiger partial charge on any atom is -0.493 e. The third-order valence-electron chi connectivity index (χ3n) is 4.92. The Morgan fingerprint density at radius 3 is 3.00 bits per heavy atom. The van der Waals surface area contributed by atoms with Gasteiger partial charge >= 0.3 is 6.03 Å². The number of carbonyl (C=O) groups excluding carboxylic acids is 1. The van der Waals surface area contributed by atoms with E-state index in [0.717, 1.165) is 48.3 Å². The standard InChI is InChI=1S/C18H26BrN3O2/c1-12(2)22-7-5-13(11-22)10-20-18(23)21-16-6-8-24-17-4-3-14(19)9-15(16)17/h3-4,9,12-13,16H,5-8,10-11H2,1-2H3,(H2,20,21,23). The van der Waals surface area contributed by atoms with E-state index in [9.17, 15) is 4.79 Å². The van der Waals surface area contributed by atoms with Crippen molar-refractivity contribution in [3.63, 3.8) is 0 Å². The number of hydrogen-bond donors (Lipinski definition) is 2. The fourth-order valence-corrected chi connectivity index (χ4v) is 3.84. The van der Waals surface area contributed by atoms with E-state index in [2.05, 4.69) is 45.3 Å². The molecule has 5 nitrogen and oxygen atoms in total. The van der Waals surface area contributed by atoms with Gasteiger partial charge in [-0.15, -0.1) is 0 Å². The molecule has 0 bridgehead atoms. The number of urea groups is 1. The van der Waals surface area contributed by atoms with Crippen LogP contribution in [-0.4, -0.2) is 43.2 Å². The van der Waals surface area contributed by atoms with E-state index in [-0.39, 0.29) is 12.1 Å². The summed E-state index contributed by atoms with van der Waals surface area (Å²) < 4.78 is 6.67. The molecule has 2 heterocycles. The first kappa shape index (κ1) is 17.5. The second kappa shape index (κ2) is 7.74. The lowest BCUT2D eigenvalue weighted by Crippen LogP contribution is -2.42. The summed E-state index contributed by atoms with van der Waals surface area (Å²) in [6.07, 6.45) is 1.95. The molecule has 2 N–H and O–H groups in total. The minimum absolute atomic E-state index is 0.00184. The zero-order valence-electron chi connectivity index (χ0n) is 14.3. The van der Waals surface area contributed by atoms with Crippen LogP contribution in [0.2, 0.25) is 0 Å². The molecule has 2 atom stereocenters. The number of fused-ring (bicyclic) bond motifs is 1. The van der Waals surface area contributed by atoms with E-state index < -0.39 is 0 Å². The van der Waals surface area contributed by atoms with Gasteiger partial charge in [0.2, 0.25) is 0 Å². The fraction of sp³-hybridized carbons (Fsp3) is 0.611. The lowest BCUT2D eigenvalue weighted by Gasteiger charge is -2.27. The van der Waals surface area contributed by atoms with Gasteiger partial charge in [-0.2, -0.15) is 0 Å². The van der Waals surface area contributed by atoms with Crippen molar-refractivity contribution in [2.24, 2.45) is 5.92 Å². The Kier molecular flexibility index (Phi) is 5.66. The molecule has 2 aliphatic heterocycles. The smallest absolute Gasteiger partial charge is 0.315 e. The van der Waals surface area contributed by atoms with Gasteiger partial charge in [0.05, 0.1) is 12.6 Å². The van der Waals surface area contributed by atoms with E-state index in [1.54, 1.807) is 0 Å². The zero-order valence-corrected chi connectivity index (χ0v) is 15.9. The van der Waals surface area contributed by atoms with E-state index in [4.69, 9.17) is 4.74 Å². The topological polar surface area (TPSA) is 53.6 Å². The van der Waals surface area contributed by atoms with Crippen LogP contribution in [0.5, 0.6) is 5.75 Å². The quantitative estimate of drug-likeness (QED) is 0.821. The number of amides is 2. The molecule has 1 aromatic rings. The maximum atomic E-state index is 12.3. The van der Waals surface area contributed by atoms with Gasteiger partial charge in [0.25, 0.3) is 0 Å². The summed E-state index contributed by atoms with van der Waals surface area (Å²) >= 11 is 3.49. The van der Waals surface area contributed by atoms with Crippen molar-refractivity contribution in [3.8, 4) is 5.75 Å². The Bertz CT molecular complexity index is 594. The molecule has 1 fully saturated rings. The van der Waals surface area contributed by atoms with Crippen molar-refractivity contribution >= 4 is 22.0 Å². The van der Waals surface area contributed by atoms with Crippen molar-refractivity contribution in [1.82, 2.24) is 15.5 Å². The fourth-order valence-electron chi connectivity index (χ4n) is 3.46. The van der Waals surface area contributed by atoms with Crippen LogP contribution >= 0.6 is 15.9 Å². The summed E-state index contributed by atoms with van der Waals surface area (Å²) in [6.45, 7) is 8.03. The number of rotatable bonds is 4. The minimum atomic E-state index is -0.0872. The van der Waals surface area contributed by atoms with Crippen LogP contribution in [-0.2, 0) is 0 Å². The van der Waals surface area contributed by atoms with Gasteiger partial charge in [-0.25, -0.2) is 4.79 Å². The number of ether oxygens (including phenoxy) is 1. The Hall–Kier alpha value is -1.27. The second-order valence-electron chi connectivity index (χ2n) is 6.97. The first-order valence-electron chi connectivity index (χ1n) is 8.73. The number of halogens is 1. The van der Waals surface area contributed by atoms with Crippen molar-refractivity contribution in [3.05, 3.63) is 28.2 Å². The molecule has 2 amide bonds. The monoisotopic (exact) mass is 395 g/mol. The Balaban J connectivity index is 1.51. The summed E-state index contributed by atoms with van der Waals surface area (Å²) in [5, 5.41) is 6.14. The van der Waals surface area contributed by atoms with Crippen molar-refractivity contribution in [2.45, 2.75) is 38.8 Å². The molecule has 3 rings (SSSR count). The number of benzene rings is 1. The molecule has 1 aromatic carbocycles. The van der Waals surface area contributed by atoms with Crippen molar-refractivity contribution < 1.29 is 9.53 Å². The first-order valence-corrected chi connectivity index (χ1v) is 9.53. The molecule has 0 radical (unpaired) electrons. The van der Waals surface area contributed by atoms with Crippen LogP contribution in [0.1, 0.15) is 38.3 Å². The van der Waals surface area contributed by atoms with E-state index in [1.165, 1.54) is 0 Å². The van der Waals surface area contributed by atoms with Crippen LogP contribution in [0.15, 0.2) is 22.7 Å². The third kappa shape index (κ3) is 4.22. The van der Waals surface area contributed by atoms with Gasteiger partial charge in [0.1, 0.15) is 5.75 Å². The summed E-state index contributed by atoms with van der Waals surface area (Å²) in [7, 11) is 0. The Morgan fingerprint density at radius 2 is 2.25 bits per heavy atom. The van der Waals surface area contributed by atoms with Gasteiger partial charge in [0, 0.05) is 35.6 Å². The molecular formula is C18H26BrN3O2. The van der Waals surface area contributed by atoms with Crippen LogP contribution in [0.4, 0.5) is 4.79 Å². The summed E-state index contributed by atoms with van der Waals surface area (Å²) in [5.41, 5.74) is 1.04. The molecule has 6 heteroatoms. The van der Waals surface area contributed by atoms with Gasteiger partial charge in [-0.05, 0) is 50.9 Å². The summed E-state index contributed by atoms with van der Waals surface area (Å²) in [5.74, 6) is 1.41. The molecule has 0 aromatic heterocycles. The van der Waals surface area contributed by atoms with E-state index in [1.807, 2.05) is 18.2 Å². The number of hydrogen-bond acceptors (Lipinski definition) is 3. The zero-order chi connectivity index (χ0) is 17.1. The van der Waals surface area contributed by atoms with Gasteiger partial charge in [-0.3, -0.25) is 0 Å². The molecule has 0 saturated carbocycles. The average molecular weight is 396 g/mol. The largest absolute Gasteiger partial charge is 0.493 e. The molecule has 2 unspecified atom stereocenters. The molecule has 24 heavy (non-hydrogen) atoms. The highest BCUT2D eigenvalue weighted by molar-refractivity contribution is 9.10. The molecule has 0 spiro atoms. The molecule has 2 aliphatic rings. The van der Waals surface area contributed by atoms with Gasteiger partial charge < -0.3 is 20.3 Å². The van der Waals surface area contributed by atoms with E-state index >= 15 is 0 Å². The highest BCUT2D eigenvalue weighted by Gasteiger charge is 2.26. The predicted molar refractivity (Wildman–Crippen MR) is 98.3 cm³/mol. The molecule has 132 valence electrons. The van der Waals surface area contributed by atoms with Crippen LogP contribution in [0, 0.1) is 5.92 Å². The van der Waals surface area contributed by atoms with Crippen LogP contribution in [0.25, 0.3) is 0 Å².